The van der Waals surface area contributed by atoms with Crippen molar-refractivity contribution in [3.05, 3.63) is 95.6 Å². The Morgan fingerprint density at radius 2 is 1.16 bits per heavy atom. The van der Waals surface area contributed by atoms with E-state index in [0.29, 0.717) is 0 Å². The first-order chi connectivity index (χ1) is 12.2. The van der Waals surface area contributed by atoms with E-state index in [9.17, 15) is 0 Å². The van der Waals surface area contributed by atoms with Crippen LogP contribution in [0.3, 0.4) is 0 Å². The summed E-state index contributed by atoms with van der Waals surface area (Å²) in [5, 5.41) is 12.1. The number of nitrogens with two attached hydrogens (primary N) is 1. The molecule has 0 aliphatic rings. The Hall–Kier alpha value is -3.57. The van der Waals surface area contributed by atoms with Gasteiger partial charge in [0.1, 0.15) is 5.84 Å². The number of hydrogen-bond donors (Lipinski definition) is 2. The van der Waals surface area contributed by atoms with Gasteiger partial charge in [-0.2, -0.15) is 0 Å². The van der Waals surface area contributed by atoms with E-state index >= 15 is 0 Å². The van der Waals surface area contributed by atoms with E-state index in [-0.39, 0.29) is 5.84 Å². The number of hydrogen-bond acceptors (Lipinski definition) is 1. The summed E-state index contributed by atoms with van der Waals surface area (Å²) in [6, 6.07) is 26.4. The van der Waals surface area contributed by atoms with Crippen molar-refractivity contribution in [2.45, 2.75) is 0 Å². The van der Waals surface area contributed by atoms with Gasteiger partial charge < -0.3 is 5.73 Å². The van der Waals surface area contributed by atoms with Gasteiger partial charge in [-0.3, -0.25) is 5.41 Å². The predicted molar refractivity (Wildman–Crippen MR) is 105 cm³/mol. The van der Waals surface area contributed by atoms with Crippen molar-refractivity contribution >= 4 is 27.4 Å². The van der Waals surface area contributed by atoms with E-state index in [1.54, 1.807) is 0 Å². The topological polar surface area (TPSA) is 49.9 Å². The summed E-state index contributed by atoms with van der Waals surface area (Å²) in [4.78, 5) is 0. The third kappa shape index (κ3) is 3.08. The lowest BCUT2D eigenvalue weighted by molar-refractivity contribution is 1.43. The van der Waals surface area contributed by atoms with Gasteiger partial charge in [-0.1, -0.05) is 60.4 Å². The minimum Gasteiger partial charge on any atom is -0.384 e. The molecule has 0 amide bonds. The van der Waals surface area contributed by atoms with E-state index in [4.69, 9.17) is 11.1 Å². The van der Waals surface area contributed by atoms with Crippen LogP contribution in [0.4, 0.5) is 0 Å². The summed E-state index contributed by atoms with van der Waals surface area (Å²) >= 11 is 0. The SMILES string of the molecule is N=C(N)c1ccc2cc(C#Cc3ccc4ccccc4c3)ccc2c1. The van der Waals surface area contributed by atoms with Gasteiger partial charge in [0.05, 0.1) is 0 Å². The maximum absolute atomic E-state index is 7.53. The second-order valence-electron chi connectivity index (χ2n) is 6.00. The Morgan fingerprint density at radius 1 is 0.640 bits per heavy atom. The van der Waals surface area contributed by atoms with Crippen LogP contribution >= 0.6 is 0 Å². The lowest BCUT2D eigenvalue weighted by Gasteiger charge is -2.02. The molecule has 0 bridgehead atoms. The van der Waals surface area contributed by atoms with E-state index < -0.39 is 0 Å². The highest BCUT2D eigenvalue weighted by Crippen LogP contribution is 2.18. The van der Waals surface area contributed by atoms with E-state index in [1.165, 1.54) is 10.8 Å². The Balaban J connectivity index is 1.69. The molecule has 4 aromatic carbocycles. The molecule has 0 aliphatic heterocycles. The van der Waals surface area contributed by atoms with Crippen molar-refractivity contribution in [1.82, 2.24) is 0 Å². The third-order valence-corrected chi connectivity index (χ3v) is 4.25. The molecule has 0 unspecified atom stereocenters. The quantitative estimate of drug-likeness (QED) is 0.299. The molecule has 0 spiro atoms. The lowest BCUT2D eigenvalue weighted by Crippen LogP contribution is -2.10. The van der Waals surface area contributed by atoms with Crippen LogP contribution in [-0.4, -0.2) is 5.84 Å². The molecule has 4 rings (SSSR count). The van der Waals surface area contributed by atoms with Crippen molar-refractivity contribution in [3.63, 3.8) is 0 Å². The lowest BCUT2D eigenvalue weighted by atomic mass is 10.0. The number of rotatable bonds is 1. The van der Waals surface area contributed by atoms with Crippen LogP contribution in [0.25, 0.3) is 21.5 Å². The Kier molecular flexibility index (Phi) is 3.68. The molecule has 25 heavy (non-hydrogen) atoms. The fourth-order valence-electron chi connectivity index (χ4n) is 2.90. The van der Waals surface area contributed by atoms with Gasteiger partial charge in [0, 0.05) is 16.7 Å². The zero-order valence-electron chi connectivity index (χ0n) is 13.6. The van der Waals surface area contributed by atoms with E-state index in [1.807, 2.05) is 42.5 Å². The third-order valence-electron chi connectivity index (χ3n) is 4.25. The van der Waals surface area contributed by atoms with Crippen molar-refractivity contribution in [2.75, 3.05) is 0 Å². The van der Waals surface area contributed by atoms with Gasteiger partial charge in [-0.15, -0.1) is 0 Å². The largest absolute Gasteiger partial charge is 0.384 e. The second kappa shape index (κ2) is 6.14. The predicted octanol–water partition coefficient (Wildman–Crippen LogP) is 4.68. The van der Waals surface area contributed by atoms with Crippen LogP contribution in [0.15, 0.2) is 78.9 Å². The van der Waals surface area contributed by atoms with Crippen molar-refractivity contribution in [2.24, 2.45) is 5.73 Å². The molecule has 0 radical (unpaired) electrons. The number of benzene rings is 4. The summed E-state index contributed by atoms with van der Waals surface area (Å²) in [5.41, 5.74) is 8.26. The van der Waals surface area contributed by atoms with Crippen LogP contribution in [0.5, 0.6) is 0 Å². The first kappa shape index (κ1) is 15.0. The highest BCUT2D eigenvalue weighted by molar-refractivity contribution is 5.99. The molecular weight excluding hydrogens is 304 g/mol. The smallest absolute Gasteiger partial charge is 0.122 e. The van der Waals surface area contributed by atoms with Crippen molar-refractivity contribution in [1.29, 1.82) is 5.41 Å². The van der Waals surface area contributed by atoms with Gasteiger partial charge in [-0.25, -0.2) is 0 Å². The van der Waals surface area contributed by atoms with Gasteiger partial charge in [0.25, 0.3) is 0 Å². The summed E-state index contributed by atoms with van der Waals surface area (Å²) in [5.74, 6) is 6.57. The molecule has 0 aromatic heterocycles. The number of nitrogen functional groups attached to an aromatic ring is 1. The second-order valence-corrected chi connectivity index (χ2v) is 6.00. The highest BCUT2D eigenvalue weighted by Gasteiger charge is 2.00. The van der Waals surface area contributed by atoms with Crippen LogP contribution in [0.1, 0.15) is 16.7 Å². The van der Waals surface area contributed by atoms with Crippen LogP contribution < -0.4 is 5.73 Å². The fraction of sp³-hybridized carbons (Fsp3) is 0. The molecule has 4 aromatic rings. The van der Waals surface area contributed by atoms with Crippen LogP contribution in [0.2, 0.25) is 0 Å². The average Bonchev–Trinajstić information content (AvgIpc) is 2.65. The Morgan fingerprint density at radius 3 is 1.84 bits per heavy atom. The molecule has 2 nitrogen and oxygen atoms in total. The summed E-state index contributed by atoms with van der Waals surface area (Å²) in [6.45, 7) is 0. The van der Waals surface area contributed by atoms with Gasteiger partial charge in [0.2, 0.25) is 0 Å². The maximum Gasteiger partial charge on any atom is 0.122 e. The molecular formula is C23H16N2. The van der Waals surface area contributed by atoms with Crippen molar-refractivity contribution in [3.8, 4) is 11.8 Å². The monoisotopic (exact) mass is 320 g/mol. The zero-order valence-corrected chi connectivity index (χ0v) is 13.6. The number of fused-ring (bicyclic) bond motifs is 2. The Bertz CT molecular complexity index is 1180. The first-order valence-corrected chi connectivity index (χ1v) is 8.08. The van der Waals surface area contributed by atoms with E-state index in [0.717, 1.165) is 27.5 Å². The summed E-state index contributed by atoms with van der Waals surface area (Å²) < 4.78 is 0. The molecule has 0 saturated heterocycles. The van der Waals surface area contributed by atoms with Gasteiger partial charge in [-0.05, 0) is 51.9 Å². The van der Waals surface area contributed by atoms with Gasteiger partial charge in [0.15, 0.2) is 0 Å². The Labute approximate surface area is 146 Å². The molecule has 0 fully saturated rings. The number of amidine groups is 1. The zero-order chi connectivity index (χ0) is 17.2. The maximum atomic E-state index is 7.53. The van der Waals surface area contributed by atoms with Crippen LogP contribution in [0, 0.1) is 17.3 Å². The molecule has 0 heterocycles. The minimum absolute atomic E-state index is 0.0853. The highest BCUT2D eigenvalue weighted by atomic mass is 14.7. The normalized spacial score (nSPS) is 10.4. The molecule has 118 valence electrons. The molecule has 0 saturated carbocycles. The van der Waals surface area contributed by atoms with E-state index in [2.05, 4.69) is 48.2 Å². The van der Waals surface area contributed by atoms with Crippen LogP contribution in [-0.2, 0) is 0 Å². The molecule has 2 heteroatoms. The van der Waals surface area contributed by atoms with Gasteiger partial charge >= 0.3 is 0 Å². The number of nitrogens with one attached hydrogen (secondary N) is 1. The van der Waals surface area contributed by atoms with Crippen molar-refractivity contribution < 1.29 is 0 Å². The average molecular weight is 320 g/mol. The molecule has 0 aliphatic carbocycles. The first-order valence-electron chi connectivity index (χ1n) is 8.08. The minimum atomic E-state index is 0.0853. The summed E-state index contributed by atoms with van der Waals surface area (Å²) in [7, 11) is 0. The molecule has 3 N–H and O–H groups in total. The fourth-order valence-corrected chi connectivity index (χ4v) is 2.90. The summed E-state index contributed by atoms with van der Waals surface area (Å²) in [6.07, 6.45) is 0. The standard InChI is InChI=1S/C23H16N2/c24-23(25)22-12-11-20-14-17(8-10-21(20)15-22)6-5-16-7-9-18-3-1-2-4-19(18)13-16/h1-4,7-15H,(H3,24,25). The molecule has 0 atom stereocenters.